The Labute approximate surface area is 142 Å². The first kappa shape index (κ1) is 16.7. The molecular formula is C17H18Cl2N2O. The molecule has 3 aromatic rings. The van der Waals surface area contributed by atoms with E-state index in [1.165, 1.54) is 18.4 Å². The lowest BCUT2D eigenvalue weighted by Gasteiger charge is -2.12. The summed E-state index contributed by atoms with van der Waals surface area (Å²) in [5.74, 6) is 0.954. The van der Waals surface area contributed by atoms with Gasteiger partial charge in [0, 0.05) is 30.9 Å². The number of halogens is 2. The summed E-state index contributed by atoms with van der Waals surface area (Å²) in [6.45, 7) is 2.18. The molecule has 0 radical (unpaired) electrons. The molecule has 4 rings (SSSR count). The molecule has 1 aliphatic rings. The molecule has 0 saturated carbocycles. The van der Waals surface area contributed by atoms with Crippen LogP contribution in [0, 0.1) is 0 Å². The lowest BCUT2D eigenvalue weighted by atomic mass is 10.1. The molecule has 1 aromatic carbocycles. The van der Waals surface area contributed by atoms with Gasteiger partial charge in [0.1, 0.15) is 5.52 Å². The van der Waals surface area contributed by atoms with Crippen LogP contribution < -0.4 is 4.90 Å². The molecule has 116 valence electrons. The number of benzene rings is 1. The van der Waals surface area contributed by atoms with E-state index in [0.29, 0.717) is 0 Å². The van der Waals surface area contributed by atoms with Crippen LogP contribution in [0.15, 0.2) is 53.1 Å². The third-order valence-electron chi connectivity index (χ3n) is 3.88. The largest absolute Gasteiger partial charge is 0.439 e. The molecule has 2 aromatic heterocycles. The van der Waals surface area contributed by atoms with Crippen LogP contribution in [0.4, 0.5) is 5.88 Å². The number of fused-ring (bicyclic) bond motifs is 1. The van der Waals surface area contributed by atoms with Crippen molar-refractivity contribution < 1.29 is 4.42 Å². The van der Waals surface area contributed by atoms with Crippen molar-refractivity contribution in [2.24, 2.45) is 0 Å². The van der Waals surface area contributed by atoms with E-state index in [9.17, 15) is 0 Å². The van der Waals surface area contributed by atoms with Gasteiger partial charge in [0.05, 0.1) is 0 Å². The monoisotopic (exact) mass is 336 g/mol. The average Bonchev–Trinajstić information content (AvgIpc) is 3.16. The lowest BCUT2D eigenvalue weighted by Crippen LogP contribution is -2.16. The third kappa shape index (κ3) is 3.06. The van der Waals surface area contributed by atoms with Gasteiger partial charge in [-0.05, 0) is 24.5 Å². The summed E-state index contributed by atoms with van der Waals surface area (Å²) in [6.07, 6.45) is 4.42. The summed E-state index contributed by atoms with van der Waals surface area (Å²) >= 11 is 0. The van der Waals surface area contributed by atoms with Crippen LogP contribution in [-0.2, 0) is 0 Å². The number of rotatable bonds is 2. The van der Waals surface area contributed by atoms with Gasteiger partial charge in [-0.3, -0.25) is 4.98 Å². The normalized spacial score (nSPS) is 13.7. The van der Waals surface area contributed by atoms with Gasteiger partial charge in [-0.15, -0.1) is 24.8 Å². The minimum Gasteiger partial charge on any atom is -0.439 e. The molecule has 5 heteroatoms. The number of aromatic nitrogens is 1. The Bertz CT molecular complexity index is 737. The maximum Gasteiger partial charge on any atom is 0.198 e. The van der Waals surface area contributed by atoms with E-state index in [4.69, 9.17) is 4.42 Å². The molecular weight excluding hydrogens is 319 g/mol. The first-order valence-corrected chi connectivity index (χ1v) is 7.10. The van der Waals surface area contributed by atoms with Crippen LogP contribution in [-0.4, -0.2) is 18.1 Å². The molecule has 3 nitrogen and oxygen atoms in total. The molecule has 0 N–H and O–H groups in total. The standard InChI is InChI=1S/C17H16N2O.2ClH/c1-2-6-13(7-3-1)14-10-16-15(18-12-14)11-17(20-16)19-8-4-5-9-19;;/h1-3,6-7,10-12H,4-5,8-9H2;2*1H. The van der Waals surface area contributed by atoms with Crippen molar-refractivity contribution in [2.75, 3.05) is 18.0 Å². The molecule has 0 unspecified atom stereocenters. The molecule has 1 fully saturated rings. The van der Waals surface area contributed by atoms with E-state index in [1.54, 1.807) is 0 Å². The minimum atomic E-state index is 0. The predicted molar refractivity (Wildman–Crippen MR) is 95.4 cm³/mol. The highest BCUT2D eigenvalue weighted by Gasteiger charge is 2.17. The highest BCUT2D eigenvalue weighted by Crippen LogP contribution is 2.30. The number of nitrogens with zero attached hydrogens (tertiary/aromatic N) is 2. The second-order valence-corrected chi connectivity index (χ2v) is 5.25. The summed E-state index contributed by atoms with van der Waals surface area (Å²) in [4.78, 5) is 6.82. The second-order valence-electron chi connectivity index (χ2n) is 5.25. The van der Waals surface area contributed by atoms with Crippen LogP contribution in [0.25, 0.3) is 22.2 Å². The summed E-state index contributed by atoms with van der Waals surface area (Å²) in [6, 6.07) is 14.4. The maximum absolute atomic E-state index is 5.98. The molecule has 0 bridgehead atoms. The van der Waals surface area contributed by atoms with Gasteiger partial charge in [0.2, 0.25) is 0 Å². The van der Waals surface area contributed by atoms with Gasteiger partial charge < -0.3 is 9.32 Å². The SMILES string of the molecule is Cl.Cl.c1ccc(-c2cnc3cc(N4CCCC4)oc3c2)cc1. The highest BCUT2D eigenvalue weighted by molar-refractivity contribution is 5.85. The Morgan fingerprint density at radius 2 is 1.64 bits per heavy atom. The topological polar surface area (TPSA) is 29.3 Å². The first-order valence-electron chi connectivity index (χ1n) is 7.10. The van der Waals surface area contributed by atoms with Crippen molar-refractivity contribution in [1.29, 1.82) is 0 Å². The van der Waals surface area contributed by atoms with E-state index in [0.717, 1.165) is 35.6 Å². The van der Waals surface area contributed by atoms with Gasteiger partial charge >= 0.3 is 0 Å². The molecule has 0 spiro atoms. The number of hydrogen-bond acceptors (Lipinski definition) is 3. The van der Waals surface area contributed by atoms with E-state index < -0.39 is 0 Å². The summed E-state index contributed by atoms with van der Waals surface area (Å²) in [7, 11) is 0. The van der Waals surface area contributed by atoms with Crippen molar-refractivity contribution in [3.8, 4) is 11.1 Å². The van der Waals surface area contributed by atoms with Crippen molar-refractivity contribution in [3.63, 3.8) is 0 Å². The Hall–Kier alpha value is -1.71. The van der Waals surface area contributed by atoms with E-state index in [1.807, 2.05) is 24.4 Å². The first-order chi connectivity index (χ1) is 9.90. The Morgan fingerprint density at radius 1 is 0.909 bits per heavy atom. The molecule has 3 heterocycles. The third-order valence-corrected chi connectivity index (χ3v) is 3.88. The van der Waals surface area contributed by atoms with Crippen molar-refractivity contribution in [3.05, 3.63) is 48.7 Å². The Kier molecular flexibility index (Phi) is 5.33. The smallest absolute Gasteiger partial charge is 0.198 e. The molecule has 0 aliphatic carbocycles. The predicted octanol–water partition coefficient (Wildman–Crippen LogP) is 4.94. The number of hydrogen-bond donors (Lipinski definition) is 0. The zero-order chi connectivity index (χ0) is 13.4. The van der Waals surface area contributed by atoms with Crippen molar-refractivity contribution in [2.45, 2.75) is 12.8 Å². The molecule has 0 amide bonds. The van der Waals surface area contributed by atoms with E-state index >= 15 is 0 Å². The van der Waals surface area contributed by atoms with Gasteiger partial charge in [-0.1, -0.05) is 30.3 Å². The summed E-state index contributed by atoms with van der Waals surface area (Å²) in [5, 5.41) is 0. The Morgan fingerprint density at radius 3 is 2.36 bits per heavy atom. The molecule has 1 saturated heterocycles. The fraction of sp³-hybridized carbons (Fsp3) is 0.235. The van der Waals surface area contributed by atoms with Crippen LogP contribution in [0.3, 0.4) is 0 Å². The van der Waals surface area contributed by atoms with Crippen molar-refractivity contribution in [1.82, 2.24) is 4.98 Å². The number of anilines is 1. The zero-order valence-corrected chi connectivity index (χ0v) is 13.7. The number of pyridine rings is 1. The zero-order valence-electron chi connectivity index (χ0n) is 12.1. The van der Waals surface area contributed by atoms with Crippen LogP contribution in [0.2, 0.25) is 0 Å². The Balaban J connectivity index is 0.000000882. The maximum atomic E-state index is 5.98. The van der Waals surface area contributed by atoms with E-state index in [2.05, 4.69) is 34.1 Å². The fourth-order valence-corrected chi connectivity index (χ4v) is 2.79. The molecule has 22 heavy (non-hydrogen) atoms. The molecule has 1 aliphatic heterocycles. The van der Waals surface area contributed by atoms with Crippen molar-refractivity contribution >= 4 is 41.8 Å². The van der Waals surface area contributed by atoms with Crippen LogP contribution in [0.1, 0.15) is 12.8 Å². The van der Waals surface area contributed by atoms with Gasteiger partial charge in [-0.2, -0.15) is 0 Å². The quantitative estimate of drug-likeness (QED) is 0.663. The molecule has 0 atom stereocenters. The van der Waals surface area contributed by atoms with Gasteiger partial charge in [0.15, 0.2) is 11.5 Å². The minimum absolute atomic E-state index is 0. The van der Waals surface area contributed by atoms with E-state index in [-0.39, 0.29) is 24.8 Å². The highest BCUT2D eigenvalue weighted by atomic mass is 35.5. The van der Waals surface area contributed by atoms with Gasteiger partial charge in [-0.25, -0.2) is 0 Å². The lowest BCUT2D eigenvalue weighted by molar-refractivity contribution is 0.599. The number of furan rings is 1. The van der Waals surface area contributed by atoms with Gasteiger partial charge in [0.25, 0.3) is 0 Å². The second kappa shape index (κ2) is 7.03. The summed E-state index contributed by atoms with van der Waals surface area (Å²) in [5.41, 5.74) is 4.07. The van der Waals surface area contributed by atoms with Crippen LogP contribution >= 0.6 is 24.8 Å². The fourth-order valence-electron chi connectivity index (χ4n) is 2.79. The summed E-state index contributed by atoms with van der Waals surface area (Å²) < 4.78 is 5.98. The van der Waals surface area contributed by atoms with Crippen LogP contribution in [0.5, 0.6) is 0 Å². The average molecular weight is 337 g/mol.